The molecule has 1 aliphatic heterocycles. The van der Waals surface area contributed by atoms with Crippen LogP contribution in [-0.2, 0) is 4.79 Å². The smallest absolute Gasteiger partial charge is 0.223 e. The van der Waals surface area contributed by atoms with Gasteiger partial charge in [0.1, 0.15) is 5.82 Å². The minimum atomic E-state index is -0.235. The van der Waals surface area contributed by atoms with Crippen LogP contribution in [0.15, 0.2) is 29.2 Å². The lowest BCUT2D eigenvalue weighted by Crippen LogP contribution is -2.31. The van der Waals surface area contributed by atoms with Gasteiger partial charge in [0.25, 0.3) is 0 Å². The third-order valence-electron chi connectivity index (χ3n) is 2.98. The van der Waals surface area contributed by atoms with Gasteiger partial charge in [-0.05, 0) is 30.7 Å². The third-order valence-corrected chi connectivity index (χ3v) is 3.99. The summed E-state index contributed by atoms with van der Waals surface area (Å²) in [6.45, 7) is 1.46. The zero-order valence-electron chi connectivity index (χ0n) is 10.5. The molecule has 1 fully saturated rings. The number of hydrogen-bond donors (Lipinski definition) is 1. The topological polar surface area (TPSA) is 46.3 Å². The van der Waals surface area contributed by atoms with Crippen molar-refractivity contribution in [1.82, 2.24) is 4.90 Å². The molecule has 0 aromatic heterocycles. The van der Waals surface area contributed by atoms with Crippen molar-refractivity contribution in [2.24, 2.45) is 5.73 Å². The van der Waals surface area contributed by atoms with Gasteiger partial charge in [-0.15, -0.1) is 24.2 Å². The van der Waals surface area contributed by atoms with Gasteiger partial charge in [-0.3, -0.25) is 4.79 Å². The predicted octanol–water partition coefficient (Wildman–Crippen LogP) is 2.29. The first-order valence-corrected chi connectivity index (χ1v) is 7.05. The molecule has 0 unspecified atom stereocenters. The minimum absolute atomic E-state index is 0. The summed E-state index contributed by atoms with van der Waals surface area (Å²) in [5.74, 6) is 0.648. The molecule has 2 N–H and O–H groups in total. The second-order valence-electron chi connectivity index (χ2n) is 4.44. The van der Waals surface area contributed by atoms with Crippen LogP contribution in [0, 0.1) is 5.82 Å². The van der Waals surface area contributed by atoms with Gasteiger partial charge in [0.05, 0.1) is 0 Å². The molecule has 106 valence electrons. The fourth-order valence-electron chi connectivity index (χ4n) is 1.96. The Bertz CT molecular complexity index is 416. The first-order valence-electron chi connectivity index (χ1n) is 6.07. The molecule has 1 atom stereocenters. The Morgan fingerprint density at radius 3 is 2.68 bits per heavy atom. The van der Waals surface area contributed by atoms with E-state index >= 15 is 0 Å². The monoisotopic (exact) mass is 304 g/mol. The van der Waals surface area contributed by atoms with Crippen LogP contribution < -0.4 is 5.73 Å². The van der Waals surface area contributed by atoms with Gasteiger partial charge in [-0.2, -0.15) is 0 Å². The number of thioether (sulfide) groups is 1. The molecule has 1 amide bonds. The van der Waals surface area contributed by atoms with Crippen molar-refractivity contribution < 1.29 is 9.18 Å². The van der Waals surface area contributed by atoms with Gasteiger partial charge in [0.15, 0.2) is 0 Å². The summed E-state index contributed by atoms with van der Waals surface area (Å²) in [6, 6.07) is 6.47. The molecule has 1 aliphatic rings. The third kappa shape index (κ3) is 5.01. The summed E-state index contributed by atoms with van der Waals surface area (Å²) in [5.41, 5.74) is 5.76. The molecule has 1 heterocycles. The SMILES string of the molecule is Cl.N[C@@H]1CCN(C(=O)CCSc2ccc(F)cc2)C1. The highest BCUT2D eigenvalue weighted by Crippen LogP contribution is 2.19. The van der Waals surface area contributed by atoms with E-state index < -0.39 is 0 Å². The van der Waals surface area contributed by atoms with E-state index in [4.69, 9.17) is 5.73 Å². The molecule has 2 rings (SSSR count). The Kier molecular flexibility index (Phi) is 6.62. The number of nitrogens with zero attached hydrogens (tertiary/aromatic N) is 1. The molecule has 0 radical (unpaired) electrons. The zero-order valence-corrected chi connectivity index (χ0v) is 12.2. The molecular formula is C13H18ClFN2OS. The molecule has 3 nitrogen and oxygen atoms in total. The van der Waals surface area contributed by atoms with Crippen molar-refractivity contribution in [2.75, 3.05) is 18.8 Å². The lowest BCUT2D eigenvalue weighted by molar-refractivity contribution is -0.129. The van der Waals surface area contributed by atoms with E-state index in [1.54, 1.807) is 23.9 Å². The Hall–Kier alpha value is -0.780. The van der Waals surface area contributed by atoms with E-state index in [9.17, 15) is 9.18 Å². The highest BCUT2D eigenvalue weighted by atomic mass is 35.5. The van der Waals surface area contributed by atoms with Crippen molar-refractivity contribution in [3.8, 4) is 0 Å². The Morgan fingerprint density at radius 1 is 1.42 bits per heavy atom. The molecule has 19 heavy (non-hydrogen) atoms. The molecule has 0 saturated carbocycles. The van der Waals surface area contributed by atoms with Gasteiger partial charge in [-0.25, -0.2) is 4.39 Å². The maximum absolute atomic E-state index is 12.7. The zero-order chi connectivity index (χ0) is 13.0. The summed E-state index contributed by atoms with van der Waals surface area (Å²) >= 11 is 1.57. The highest BCUT2D eigenvalue weighted by molar-refractivity contribution is 7.99. The summed E-state index contributed by atoms with van der Waals surface area (Å²) in [7, 11) is 0. The fourth-order valence-corrected chi connectivity index (χ4v) is 2.80. The molecule has 1 aromatic carbocycles. The molecular weight excluding hydrogens is 287 g/mol. The average molecular weight is 305 g/mol. The molecule has 1 saturated heterocycles. The summed E-state index contributed by atoms with van der Waals surface area (Å²) in [4.78, 5) is 14.6. The first-order chi connectivity index (χ1) is 8.65. The lowest BCUT2D eigenvalue weighted by Gasteiger charge is -2.15. The molecule has 0 bridgehead atoms. The van der Waals surface area contributed by atoms with Crippen molar-refractivity contribution in [3.05, 3.63) is 30.1 Å². The van der Waals surface area contributed by atoms with Gasteiger partial charge in [-0.1, -0.05) is 0 Å². The van der Waals surface area contributed by atoms with Crippen LogP contribution >= 0.6 is 24.2 Å². The predicted molar refractivity (Wildman–Crippen MR) is 78.2 cm³/mol. The maximum atomic E-state index is 12.7. The van der Waals surface area contributed by atoms with Crippen LogP contribution in [-0.4, -0.2) is 35.7 Å². The van der Waals surface area contributed by atoms with E-state index in [2.05, 4.69) is 0 Å². The molecule has 1 aromatic rings. The number of likely N-dealkylation sites (tertiary alicyclic amines) is 1. The second kappa shape index (κ2) is 7.72. The van der Waals surface area contributed by atoms with Gasteiger partial charge in [0.2, 0.25) is 5.91 Å². The van der Waals surface area contributed by atoms with Crippen molar-refractivity contribution >= 4 is 30.1 Å². The van der Waals surface area contributed by atoms with E-state index in [0.717, 1.165) is 23.6 Å². The molecule has 6 heteroatoms. The van der Waals surface area contributed by atoms with Crippen molar-refractivity contribution in [3.63, 3.8) is 0 Å². The number of nitrogens with two attached hydrogens (primary N) is 1. The highest BCUT2D eigenvalue weighted by Gasteiger charge is 2.22. The number of rotatable bonds is 4. The van der Waals surface area contributed by atoms with E-state index in [0.29, 0.717) is 13.0 Å². The number of halogens is 2. The van der Waals surface area contributed by atoms with Gasteiger partial charge in [0, 0.05) is 36.2 Å². The first kappa shape index (κ1) is 16.3. The number of amides is 1. The van der Waals surface area contributed by atoms with Crippen LogP contribution in [0.25, 0.3) is 0 Å². The van der Waals surface area contributed by atoms with Crippen LogP contribution in [0.4, 0.5) is 4.39 Å². The summed E-state index contributed by atoms with van der Waals surface area (Å²) < 4.78 is 12.7. The number of hydrogen-bond acceptors (Lipinski definition) is 3. The summed E-state index contributed by atoms with van der Waals surface area (Å²) in [6.07, 6.45) is 1.41. The maximum Gasteiger partial charge on any atom is 0.223 e. The van der Waals surface area contributed by atoms with Crippen LogP contribution in [0.2, 0.25) is 0 Å². The van der Waals surface area contributed by atoms with Crippen molar-refractivity contribution in [2.45, 2.75) is 23.8 Å². The minimum Gasteiger partial charge on any atom is -0.341 e. The normalized spacial score (nSPS) is 18.2. The number of carbonyl (C=O) groups excluding carboxylic acids is 1. The Labute approximate surface area is 123 Å². The van der Waals surface area contributed by atoms with E-state index in [1.165, 1.54) is 12.1 Å². The summed E-state index contributed by atoms with van der Waals surface area (Å²) in [5, 5.41) is 0. The molecule has 0 aliphatic carbocycles. The fraction of sp³-hybridized carbons (Fsp3) is 0.462. The van der Waals surface area contributed by atoms with Crippen LogP contribution in [0.3, 0.4) is 0 Å². The number of benzene rings is 1. The van der Waals surface area contributed by atoms with E-state index in [1.807, 2.05) is 4.90 Å². The Morgan fingerprint density at radius 2 is 2.11 bits per heavy atom. The average Bonchev–Trinajstić information content (AvgIpc) is 2.78. The quantitative estimate of drug-likeness (QED) is 0.868. The largest absolute Gasteiger partial charge is 0.341 e. The van der Waals surface area contributed by atoms with Gasteiger partial charge >= 0.3 is 0 Å². The lowest BCUT2D eigenvalue weighted by atomic mass is 10.3. The second-order valence-corrected chi connectivity index (χ2v) is 5.61. The van der Waals surface area contributed by atoms with Gasteiger partial charge < -0.3 is 10.6 Å². The Balaban J connectivity index is 0.00000180. The van der Waals surface area contributed by atoms with Crippen LogP contribution in [0.5, 0.6) is 0 Å². The van der Waals surface area contributed by atoms with Crippen LogP contribution in [0.1, 0.15) is 12.8 Å². The standard InChI is InChI=1S/C13H17FN2OS.ClH/c14-10-1-3-12(4-2-10)18-8-6-13(17)16-7-5-11(15)9-16;/h1-4,11H,5-9,15H2;1H/t11-;/m1./s1. The number of carbonyl (C=O) groups is 1. The van der Waals surface area contributed by atoms with E-state index in [-0.39, 0.29) is 30.2 Å². The molecule has 0 spiro atoms. The van der Waals surface area contributed by atoms with Crippen molar-refractivity contribution in [1.29, 1.82) is 0 Å².